The van der Waals surface area contributed by atoms with Crippen molar-refractivity contribution in [2.24, 2.45) is 7.05 Å². The minimum absolute atomic E-state index is 0.470. The van der Waals surface area contributed by atoms with E-state index in [4.69, 9.17) is 4.98 Å². The van der Waals surface area contributed by atoms with Gasteiger partial charge in [-0.1, -0.05) is 6.42 Å². The van der Waals surface area contributed by atoms with Crippen molar-refractivity contribution in [2.45, 2.75) is 51.0 Å². The highest BCUT2D eigenvalue weighted by atomic mass is 15.3. The summed E-state index contributed by atoms with van der Waals surface area (Å²) in [4.78, 5) is 15.8. The second-order valence-corrected chi connectivity index (χ2v) is 7.65. The van der Waals surface area contributed by atoms with Gasteiger partial charge in [-0.3, -0.25) is 0 Å². The van der Waals surface area contributed by atoms with Gasteiger partial charge in [0.1, 0.15) is 23.7 Å². The summed E-state index contributed by atoms with van der Waals surface area (Å²) in [5.74, 6) is 4.35. The first-order chi connectivity index (χ1) is 13.8. The summed E-state index contributed by atoms with van der Waals surface area (Å²) in [5.41, 5.74) is 0.801. The van der Waals surface area contributed by atoms with Crippen LogP contribution in [-0.4, -0.2) is 52.6 Å². The summed E-state index contributed by atoms with van der Waals surface area (Å²) in [7, 11) is 1.87. The fourth-order valence-corrected chi connectivity index (χ4v) is 4.30. The van der Waals surface area contributed by atoms with E-state index in [1.165, 1.54) is 30.9 Å². The molecule has 5 heterocycles. The summed E-state index contributed by atoms with van der Waals surface area (Å²) in [6.45, 7) is 2.92. The lowest BCUT2D eigenvalue weighted by Crippen LogP contribution is -2.35. The van der Waals surface area contributed by atoms with E-state index in [0.29, 0.717) is 5.92 Å². The first-order valence-corrected chi connectivity index (χ1v) is 10.1. The van der Waals surface area contributed by atoms with E-state index in [1.54, 1.807) is 17.2 Å². The van der Waals surface area contributed by atoms with Crippen molar-refractivity contribution in [3.8, 4) is 11.5 Å². The minimum atomic E-state index is 0.470. The maximum Gasteiger partial charge on any atom is 0.225 e. The van der Waals surface area contributed by atoms with Crippen LogP contribution in [0, 0.1) is 0 Å². The SMILES string of the molecule is Cn1ncnc1-c1ccnc(N2CCC(c3nnc4n3CCCCC4)CC2)n1. The van der Waals surface area contributed by atoms with E-state index in [1.807, 2.05) is 13.1 Å². The van der Waals surface area contributed by atoms with Crippen molar-refractivity contribution in [2.75, 3.05) is 18.0 Å². The van der Waals surface area contributed by atoms with Gasteiger partial charge in [-0.2, -0.15) is 5.10 Å². The van der Waals surface area contributed by atoms with Crippen molar-refractivity contribution in [1.29, 1.82) is 0 Å². The molecular formula is C19H25N9. The van der Waals surface area contributed by atoms with Crippen LogP contribution < -0.4 is 4.90 Å². The molecule has 0 N–H and O–H groups in total. The lowest BCUT2D eigenvalue weighted by atomic mass is 9.96. The first kappa shape index (κ1) is 17.3. The van der Waals surface area contributed by atoms with Crippen LogP contribution in [0.3, 0.4) is 0 Å². The molecule has 1 fully saturated rings. The zero-order valence-electron chi connectivity index (χ0n) is 16.2. The van der Waals surface area contributed by atoms with Gasteiger partial charge in [0.15, 0.2) is 5.82 Å². The summed E-state index contributed by atoms with van der Waals surface area (Å²) in [6.07, 6.45) is 10.3. The monoisotopic (exact) mass is 379 g/mol. The summed E-state index contributed by atoms with van der Waals surface area (Å²) >= 11 is 0. The molecule has 28 heavy (non-hydrogen) atoms. The molecule has 0 aromatic carbocycles. The van der Waals surface area contributed by atoms with E-state index in [2.05, 4.69) is 34.7 Å². The zero-order valence-corrected chi connectivity index (χ0v) is 16.2. The highest BCUT2D eigenvalue weighted by molar-refractivity contribution is 5.51. The van der Waals surface area contributed by atoms with Crippen LogP contribution in [-0.2, 0) is 20.0 Å². The Morgan fingerprint density at radius 2 is 1.89 bits per heavy atom. The van der Waals surface area contributed by atoms with Crippen molar-refractivity contribution in [1.82, 2.24) is 39.5 Å². The van der Waals surface area contributed by atoms with Crippen LogP contribution in [0.25, 0.3) is 11.5 Å². The van der Waals surface area contributed by atoms with Crippen LogP contribution in [0.4, 0.5) is 5.95 Å². The molecule has 2 aliphatic rings. The Labute approximate surface area is 163 Å². The fraction of sp³-hybridized carbons (Fsp3) is 0.579. The van der Waals surface area contributed by atoms with Gasteiger partial charge in [-0.05, 0) is 31.7 Å². The molecule has 0 saturated carbocycles. The van der Waals surface area contributed by atoms with Crippen LogP contribution in [0.5, 0.6) is 0 Å². The molecular weight excluding hydrogens is 354 g/mol. The lowest BCUT2D eigenvalue weighted by Gasteiger charge is -2.31. The Balaban J connectivity index is 1.30. The van der Waals surface area contributed by atoms with Gasteiger partial charge in [0.25, 0.3) is 0 Å². The predicted molar refractivity (Wildman–Crippen MR) is 104 cm³/mol. The highest BCUT2D eigenvalue weighted by Gasteiger charge is 2.27. The standard InChI is InChI=1S/C19H25N9/c1-26-18(21-13-22-26)15-6-9-20-19(23-15)27-11-7-14(8-12-27)17-25-24-16-5-3-2-4-10-28(16)17/h6,9,13-14H,2-5,7-8,10-12H2,1H3. The number of piperidine rings is 1. The van der Waals surface area contributed by atoms with E-state index < -0.39 is 0 Å². The predicted octanol–water partition coefficient (Wildman–Crippen LogP) is 1.97. The van der Waals surface area contributed by atoms with Crippen LogP contribution in [0.2, 0.25) is 0 Å². The average molecular weight is 379 g/mol. The van der Waals surface area contributed by atoms with Gasteiger partial charge < -0.3 is 9.47 Å². The molecule has 2 aliphatic heterocycles. The molecule has 1 saturated heterocycles. The zero-order chi connectivity index (χ0) is 18.9. The number of hydrogen-bond donors (Lipinski definition) is 0. The molecule has 5 rings (SSSR count). The molecule has 0 aliphatic carbocycles. The van der Waals surface area contributed by atoms with Gasteiger partial charge in [-0.15, -0.1) is 10.2 Å². The van der Waals surface area contributed by atoms with Gasteiger partial charge in [0.2, 0.25) is 5.95 Å². The summed E-state index contributed by atoms with van der Waals surface area (Å²) < 4.78 is 4.12. The first-order valence-electron chi connectivity index (χ1n) is 10.1. The smallest absolute Gasteiger partial charge is 0.225 e. The highest BCUT2D eigenvalue weighted by Crippen LogP contribution is 2.30. The Bertz CT molecular complexity index is 952. The number of nitrogens with zero attached hydrogens (tertiary/aromatic N) is 9. The van der Waals surface area contributed by atoms with E-state index in [0.717, 1.165) is 56.4 Å². The Kier molecular flexibility index (Phi) is 4.50. The van der Waals surface area contributed by atoms with Crippen molar-refractivity contribution >= 4 is 5.95 Å². The third-order valence-corrected chi connectivity index (χ3v) is 5.86. The van der Waals surface area contributed by atoms with Crippen molar-refractivity contribution < 1.29 is 0 Å². The Morgan fingerprint density at radius 3 is 2.71 bits per heavy atom. The van der Waals surface area contributed by atoms with Crippen molar-refractivity contribution in [3.05, 3.63) is 30.2 Å². The molecule has 3 aromatic heterocycles. The number of aromatic nitrogens is 8. The maximum absolute atomic E-state index is 4.73. The molecule has 9 heteroatoms. The third kappa shape index (κ3) is 3.14. The average Bonchev–Trinajstić information content (AvgIpc) is 3.27. The maximum atomic E-state index is 4.73. The van der Waals surface area contributed by atoms with Gasteiger partial charge >= 0.3 is 0 Å². The number of anilines is 1. The van der Waals surface area contributed by atoms with Gasteiger partial charge in [-0.25, -0.2) is 19.6 Å². The van der Waals surface area contributed by atoms with E-state index >= 15 is 0 Å². The third-order valence-electron chi connectivity index (χ3n) is 5.86. The fourth-order valence-electron chi connectivity index (χ4n) is 4.30. The van der Waals surface area contributed by atoms with Crippen LogP contribution in [0.15, 0.2) is 18.6 Å². The Hall–Kier alpha value is -2.84. The molecule has 3 aromatic rings. The molecule has 9 nitrogen and oxygen atoms in total. The van der Waals surface area contributed by atoms with Crippen LogP contribution >= 0.6 is 0 Å². The summed E-state index contributed by atoms with van der Waals surface area (Å²) in [5, 5.41) is 13.2. The number of aryl methyl sites for hydroxylation is 2. The number of fused-ring (bicyclic) bond motifs is 1. The summed E-state index contributed by atoms with van der Waals surface area (Å²) in [6, 6.07) is 1.88. The molecule has 0 spiro atoms. The van der Waals surface area contributed by atoms with Gasteiger partial charge in [0, 0.05) is 45.2 Å². The van der Waals surface area contributed by atoms with Crippen molar-refractivity contribution in [3.63, 3.8) is 0 Å². The molecule has 0 bridgehead atoms. The number of rotatable bonds is 3. The largest absolute Gasteiger partial charge is 0.341 e. The topological polar surface area (TPSA) is 90.4 Å². The molecule has 0 atom stereocenters. The quantitative estimate of drug-likeness (QED) is 0.687. The molecule has 0 unspecified atom stereocenters. The van der Waals surface area contributed by atoms with E-state index in [-0.39, 0.29) is 0 Å². The minimum Gasteiger partial charge on any atom is -0.341 e. The Morgan fingerprint density at radius 1 is 1.00 bits per heavy atom. The number of hydrogen-bond acceptors (Lipinski definition) is 7. The second kappa shape index (κ2) is 7.29. The molecule has 146 valence electrons. The lowest BCUT2D eigenvalue weighted by molar-refractivity contribution is 0.456. The normalized spacial score (nSPS) is 18.1. The van der Waals surface area contributed by atoms with E-state index in [9.17, 15) is 0 Å². The molecule has 0 amide bonds. The van der Waals surface area contributed by atoms with Gasteiger partial charge in [0.05, 0.1) is 0 Å². The second-order valence-electron chi connectivity index (χ2n) is 7.65. The van der Waals surface area contributed by atoms with Crippen LogP contribution in [0.1, 0.15) is 49.7 Å². The molecule has 0 radical (unpaired) electrons.